The van der Waals surface area contributed by atoms with Crippen LogP contribution in [0, 0.1) is 12.8 Å². The van der Waals surface area contributed by atoms with E-state index < -0.39 is 11.6 Å². The van der Waals surface area contributed by atoms with Gasteiger partial charge in [-0.2, -0.15) is 0 Å². The van der Waals surface area contributed by atoms with E-state index >= 15 is 0 Å². The van der Waals surface area contributed by atoms with Crippen LogP contribution in [0.4, 0.5) is 16.0 Å². The van der Waals surface area contributed by atoms with Crippen molar-refractivity contribution in [1.82, 2.24) is 0 Å². The molecule has 1 aliphatic carbocycles. The van der Waals surface area contributed by atoms with E-state index in [1.807, 2.05) is 24.8 Å². The van der Waals surface area contributed by atoms with Crippen LogP contribution < -0.4 is 15.6 Å². The Kier molecular flexibility index (Phi) is 4.73. The Bertz CT molecular complexity index is 1280. The summed E-state index contributed by atoms with van der Waals surface area (Å²) in [5.41, 5.74) is 1.37. The summed E-state index contributed by atoms with van der Waals surface area (Å²) in [6.45, 7) is 4.71. The lowest BCUT2D eigenvalue weighted by molar-refractivity contribution is -0.0105. The van der Waals surface area contributed by atoms with Gasteiger partial charge in [-0.25, -0.2) is 9.18 Å². The third kappa shape index (κ3) is 3.51. The van der Waals surface area contributed by atoms with Gasteiger partial charge in [0, 0.05) is 23.9 Å². The number of hydrogen-bond acceptors (Lipinski definition) is 5. The minimum Gasteiger partial charge on any atom is -0.478 e. The number of halogens is 1. The number of alkyl halides is 1. The number of piperidine rings is 2. The van der Waals surface area contributed by atoms with Crippen molar-refractivity contribution in [2.45, 2.75) is 38.4 Å². The van der Waals surface area contributed by atoms with Crippen LogP contribution in [0.3, 0.4) is 0 Å². The van der Waals surface area contributed by atoms with E-state index in [1.165, 1.54) is 6.07 Å². The number of aromatic carboxylic acids is 1. The monoisotopic (exact) mass is 436 g/mol. The number of anilines is 2. The molecule has 3 fully saturated rings. The molecule has 166 valence electrons. The number of nitrogens with one attached hydrogen (secondary N) is 1. The van der Waals surface area contributed by atoms with Crippen molar-refractivity contribution in [3.8, 4) is 0 Å². The Morgan fingerprint density at radius 1 is 1.28 bits per heavy atom. The summed E-state index contributed by atoms with van der Waals surface area (Å²) >= 11 is 0. The van der Waals surface area contributed by atoms with Gasteiger partial charge in [-0.1, -0.05) is 18.2 Å². The molecule has 1 aromatic heterocycles. The van der Waals surface area contributed by atoms with Gasteiger partial charge in [0.15, 0.2) is 11.3 Å². The van der Waals surface area contributed by atoms with E-state index in [0.29, 0.717) is 47.8 Å². The third-order valence-electron chi connectivity index (χ3n) is 6.56. The molecular weight excluding hydrogens is 411 g/mol. The molecule has 2 aliphatic heterocycles. The summed E-state index contributed by atoms with van der Waals surface area (Å²) in [5, 5.41) is 13.2. The Morgan fingerprint density at radius 2 is 2.03 bits per heavy atom. The smallest absolute Gasteiger partial charge is 0.337 e. The highest BCUT2D eigenvalue weighted by Crippen LogP contribution is 2.47. The van der Waals surface area contributed by atoms with Gasteiger partial charge >= 0.3 is 5.97 Å². The van der Waals surface area contributed by atoms with Gasteiger partial charge in [0.25, 0.3) is 0 Å². The number of aryl methyl sites for hydroxylation is 1. The first kappa shape index (κ1) is 20.5. The van der Waals surface area contributed by atoms with Gasteiger partial charge in [0.05, 0.1) is 23.5 Å². The number of carboxylic acid groups (broad SMARTS) is 1. The Balaban J connectivity index is 1.56. The molecule has 3 aliphatic rings. The van der Waals surface area contributed by atoms with E-state index in [0.717, 1.165) is 11.1 Å². The molecule has 0 amide bonds. The molecule has 6 nitrogen and oxygen atoms in total. The van der Waals surface area contributed by atoms with Crippen molar-refractivity contribution in [3.05, 3.63) is 69.4 Å². The molecule has 3 heterocycles. The second-order valence-electron chi connectivity index (χ2n) is 9.20. The van der Waals surface area contributed by atoms with E-state index in [4.69, 9.17) is 4.42 Å². The van der Waals surface area contributed by atoms with Crippen molar-refractivity contribution < 1.29 is 18.7 Å². The fraction of sp³-hybridized carbons (Fsp3) is 0.360. The van der Waals surface area contributed by atoms with Crippen LogP contribution >= 0.6 is 0 Å². The number of nitrogens with zero attached hydrogens (tertiary/aromatic N) is 1. The topological polar surface area (TPSA) is 82.8 Å². The van der Waals surface area contributed by atoms with Crippen molar-refractivity contribution in [2.75, 3.05) is 23.3 Å². The van der Waals surface area contributed by atoms with Gasteiger partial charge in [0.1, 0.15) is 11.3 Å². The van der Waals surface area contributed by atoms with Crippen molar-refractivity contribution in [1.29, 1.82) is 0 Å². The van der Waals surface area contributed by atoms with E-state index in [-0.39, 0.29) is 23.6 Å². The molecule has 2 N–H and O–H groups in total. The molecule has 2 bridgehead atoms. The highest BCUT2D eigenvalue weighted by molar-refractivity contribution is 5.94. The van der Waals surface area contributed by atoms with Crippen molar-refractivity contribution in [2.24, 2.45) is 5.92 Å². The molecule has 2 saturated heterocycles. The molecule has 3 aromatic rings. The van der Waals surface area contributed by atoms with Crippen molar-refractivity contribution >= 4 is 28.5 Å². The largest absolute Gasteiger partial charge is 0.478 e. The fourth-order valence-corrected chi connectivity index (χ4v) is 5.13. The first-order valence-electron chi connectivity index (χ1n) is 10.8. The summed E-state index contributed by atoms with van der Waals surface area (Å²) < 4.78 is 20.9. The first-order valence-corrected chi connectivity index (χ1v) is 10.8. The molecule has 2 aromatic carbocycles. The average Bonchev–Trinajstić information content (AvgIpc) is 2.73. The van der Waals surface area contributed by atoms with Gasteiger partial charge in [0.2, 0.25) is 0 Å². The molecule has 0 spiro atoms. The summed E-state index contributed by atoms with van der Waals surface area (Å²) in [5.74, 6) is -0.343. The zero-order chi connectivity index (χ0) is 22.6. The minimum atomic E-state index is -1.19. The Hall–Kier alpha value is -3.35. The summed E-state index contributed by atoms with van der Waals surface area (Å²) in [4.78, 5) is 26.4. The van der Waals surface area contributed by atoms with Crippen LogP contribution in [0.1, 0.15) is 47.3 Å². The molecule has 1 unspecified atom stereocenters. The minimum absolute atomic E-state index is 0.166. The van der Waals surface area contributed by atoms with Crippen LogP contribution in [-0.4, -0.2) is 29.8 Å². The van der Waals surface area contributed by atoms with Gasteiger partial charge < -0.3 is 19.7 Å². The van der Waals surface area contributed by atoms with Crippen LogP contribution in [0.25, 0.3) is 11.0 Å². The highest BCUT2D eigenvalue weighted by Gasteiger charge is 2.51. The second kappa shape index (κ2) is 7.36. The fourth-order valence-electron chi connectivity index (χ4n) is 5.13. The van der Waals surface area contributed by atoms with Gasteiger partial charge in [-0.15, -0.1) is 0 Å². The number of hydrogen-bond donors (Lipinski definition) is 2. The second-order valence-corrected chi connectivity index (χ2v) is 9.20. The number of fused-ring (bicyclic) bond motifs is 3. The van der Waals surface area contributed by atoms with E-state index in [1.54, 1.807) is 30.3 Å². The molecule has 0 radical (unpaired) electrons. The normalized spacial score (nSPS) is 23.0. The lowest BCUT2D eigenvalue weighted by atomic mass is 9.68. The zero-order valence-corrected chi connectivity index (χ0v) is 18.0. The van der Waals surface area contributed by atoms with E-state index in [9.17, 15) is 19.1 Å². The maximum absolute atomic E-state index is 14.7. The predicted octanol–water partition coefficient (Wildman–Crippen LogP) is 4.91. The molecular formula is C25H25FN2O4. The van der Waals surface area contributed by atoms with Crippen molar-refractivity contribution in [3.63, 3.8) is 0 Å². The Morgan fingerprint density at radius 3 is 2.75 bits per heavy atom. The van der Waals surface area contributed by atoms with Gasteiger partial charge in [-0.3, -0.25) is 4.79 Å². The highest BCUT2D eigenvalue weighted by atomic mass is 19.1. The lowest BCUT2D eigenvalue weighted by Gasteiger charge is -2.51. The van der Waals surface area contributed by atoms with Crippen LogP contribution in [-0.2, 0) is 0 Å². The maximum atomic E-state index is 14.7. The van der Waals surface area contributed by atoms with Crippen LogP contribution in [0.5, 0.6) is 0 Å². The molecule has 1 saturated carbocycles. The van der Waals surface area contributed by atoms with Crippen LogP contribution in [0.15, 0.2) is 51.7 Å². The molecule has 7 heteroatoms. The SMILES string of the molecule is Cc1cc(C(C)Nc2ccccc2C(=O)O)c2oc(N3CC4CC(F)(C4)C3)cc(=O)c2c1. The molecule has 6 rings (SSSR count). The van der Waals surface area contributed by atoms with Gasteiger partial charge in [-0.05, 0) is 56.4 Å². The average molecular weight is 436 g/mol. The predicted molar refractivity (Wildman–Crippen MR) is 121 cm³/mol. The molecule has 1 atom stereocenters. The molecule has 32 heavy (non-hydrogen) atoms. The first-order chi connectivity index (χ1) is 15.2. The standard InChI is InChI=1S/C25H25FN2O4/c1-14-7-18(15(2)27-20-6-4-3-5-17(20)24(30)31)23-19(8-14)21(29)9-22(32-23)28-12-16-10-25(26,11-16)13-28/h3-9,15-16,27H,10-13H2,1-2H3,(H,30,31). The lowest BCUT2D eigenvalue weighted by Crippen LogP contribution is -2.58. The summed E-state index contributed by atoms with van der Waals surface area (Å²) in [7, 11) is 0. The number of benzene rings is 2. The number of carboxylic acids is 1. The summed E-state index contributed by atoms with van der Waals surface area (Å²) in [6.07, 6.45) is 1.16. The number of carbonyl (C=O) groups is 1. The number of para-hydroxylation sites is 1. The number of rotatable bonds is 5. The third-order valence-corrected chi connectivity index (χ3v) is 6.56. The zero-order valence-electron chi connectivity index (χ0n) is 18.0. The summed E-state index contributed by atoms with van der Waals surface area (Å²) in [6, 6.07) is 11.5. The maximum Gasteiger partial charge on any atom is 0.337 e. The quantitative estimate of drug-likeness (QED) is 0.591. The Labute approximate surface area is 184 Å². The van der Waals surface area contributed by atoms with Crippen LogP contribution in [0.2, 0.25) is 0 Å². The van der Waals surface area contributed by atoms with E-state index in [2.05, 4.69) is 5.32 Å².